The number of benzene rings is 1. The third-order valence-electron chi connectivity index (χ3n) is 5.47. The van der Waals surface area contributed by atoms with E-state index in [1.54, 1.807) is 12.1 Å². The molecule has 1 N–H and O–H groups in total. The fourth-order valence-electron chi connectivity index (χ4n) is 3.82. The van der Waals surface area contributed by atoms with Gasteiger partial charge in [-0.15, -0.1) is 0 Å². The highest BCUT2D eigenvalue weighted by atomic mass is 19.1. The van der Waals surface area contributed by atoms with Crippen molar-refractivity contribution < 1.29 is 13.9 Å². The van der Waals surface area contributed by atoms with Gasteiger partial charge in [0.2, 0.25) is 0 Å². The zero-order valence-electron chi connectivity index (χ0n) is 16.1. The number of piperidine rings is 1. The molecule has 1 aromatic carbocycles. The van der Waals surface area contributed by atoms with Crippen molar-refractivity contribution in [2.45, 2.75) is 18.9 Å². The number of amides is 1. The van der Waals surface area contributed by atoms with Crippen molar-refractivity contribution in [3.05, 3.63) is 41.8 Å². The Kier molecular flexibility index (Phi) is 5.59. The third-order valence-corrected chi connectivity index (χ3v) is 5.47. The van der Waals surface area contributed by atoms with Crippen molar-refractivity contribution in [1.82, 2.24) is 14.7 Å². The molecule has 0 bridgehead atoms. The first kappa shape index (κ1) is 18.9. The van der Waals surface area contributed by atoms with E-state index in [1.165, 1.54) is 12.1 Å². The Bertz CT molecular complexity index is 826. The topological polar surface area (TPSA) is 62.6 Å². The van der Waals surface area contributed by atoms with Crippen LogP contribution in [0.5, 0.6) is 0 Å². The molecule has 0 atom stereocenters. The number of halogens is 1. The molecule has 8 heteroatoms. The molecule has 2 fully saturated rings. The van der Waals surface area contributed by atoms with Crippen molar-refractivity contribution in [2.24, 2.45) is 0 Å². The second-order valence-electron chi connectivity index (χ2n) is 7.43. The Morgan fingerprint density at radius 3 is 2.68 bits per heavy atom. The minimum atomic E-state index is -0.431. The van der Waals surface area contributed by atoms with Crippen molar-refractivity contribution in [3.63, 3.8) is 0 Å². The first-order valence-electron chi connectivity index (χ1n) is 9.77. The molecule has 0 aliphatic carbocycles. The zero-order valence-corrected chi connectivity index (χ0v) is 16.1. The van der Waals surface area contributed by atoms with Crippen molar-refractivity contribution in [2.75, 3.05) is 56.7 Å². The molecule has 3 heterocycles. The molecule has 7 nitrogen and oxygen atoms in total. The summed E-state index contributed by atoms with van der Waals surface area (Å²) >= 11 is 0. The average molecular weight is 387 g/mol. The molecule has 2 aliphatic heterocycles. The number of hydrogen-bond donors (Lipinski definition) is 1. The maximum Gasteiger partial charge on any atom is 0.259 e. The van der Waals surface area contributed by atoms with Crippen LogP contribution in [-0.4, -0.2) is 67.0 Å². The van der Waals surface area contributed by atoms with Gasteiger partial charge in [-0.25, -0.2) is 4.39 Å². The molecule has 2 aromatic rings. The summed E-state index contributed by atoms with van der Waals surface area (Å²) < 4.78 is 21.1. The van der Waals surface area contributed by atoms with E-state index in [4.69, 9.17) is 4.74 Å². The van der Waals surface area contributed by atoms with E-state index >= 15 is 0 Å². The Labute approximate surface area is 164 Å². The maximum atomic E-state index is 13.8. The van der Waals surface area contributed by atoms with Crippen LogP contribution in [0.4, 0.5) is 15.9 Å². The highest BCUT2D eigenvalue weighted by Crippen LogP contribution is 2.25. The lowest BCUT2D eigenvalue weighted by molar-refractivity contribution is 0.102. The van der Waals surface area contributed by atoms with Crippen LogP contribution in [0, 0.1) is 5.82 Å². The number of hydrogen-bond acceptors (Lipinski definition) is 5. The van der Waals surface area contributed by atoms with Crippen LogP contribution in [0.2, 0.25) is 0 Å². The average Bonchev–Trinajstić information content (AvgIpc) is 3.17. The summed E-state index contributed by atoms with van der Waals surface area (Å²) in [6.45, 7) is 4.63. The number of carbonyl (C=O) groups is 1. The van der Waals surface area contributed by atoms with Gasteiger partial charge in [-0.3, -0.25) is 9.48 Å². The summed E-state index contributed by atoms with van der Waals surface area (Å²) in [7, 11) is 2.12. The quantitative estimate of drug-likeness (QED) is 0.873. The molecule has 4 rings (SSSR count). The van der Waals surface area contributed by atoms with Gasteiger partial charge >= 0.3 is 0 Å². The number of rotatable bonds is 4. The van der Waals surface area contributed by atoms with Crippen LogP contribution in [0.25, 0.3) is 0 Å². The van der Waals surface area contributed by atoms with Crippen LogP contribution in [0.3, 0.4) is 0 Å². The number of morpholine rings is 1. The Morgan fingerprint density at radius 2 is 1.93 bits per heavy atom. The number of nitrogens with zero attached hydrogens (tertiary/aromatic N) is 4. The Hall–Kier alpha value is -2.45. The number of carbonyl (C=O) groups excluding carboxylic acids is 1. The fraction of sp³-hybridized carbons (Fsp3) is 0.500. The highest BCUT2D eigenvalue weighted by molar-refractivity contribution is 6.07. The summed E-state index contributed by atoms with van der Waals surface area (Å²) in [4.78, 5) is 17.2. The van der Waals surface area contributed by atoms with Gasteiger partial charge in [0.1, 0.15) is 5.82 Å². The fourth-order valence-corrected chi connectivity index (χ4v) is 3.82. The second-order valence-corrected chi connectivity index (χ2v) is 7.43. The lowest BCUT2D eigenvalue weighted by Gasteiger charge is -2.30. The summed E-state index contributed by atoms with van der Waals surface area (Å²) in [6.07, 6.45) is 3.98. The first-order valence-corrected chi connectivity index (χ1v) is 9.77. The van der Waals surface area contributed by atoms with Gasteiger partial charge in [0.15, 0.2) is 5.82 Å². The smallest absolute Gasteiger partial charge is 0.259 e. The lowest BCUT2D eigenvalue weighted by Crippen LogP contribution is -2.37. The maximum absolute atomic E-state index is 13.8. The molecule has 0 unspecified atom stereocenters. The van der Waals surface area contributed by atoms with E-state index in [0.717, 1.165) is 31.6 Å². The molecule has 150 valence electrons. The van der Waals surface area contributed by atoms with E-state index in [1.807, 2.05) is 10.9 Å². The number of aromatic nitrogens is 2. The van der Waals surface area contributed by atoms with Gasteiger partial charge < -0.3 is 19.9 Å². The predicted molar refractivity (Wildman–Crippen MR) is 105 cm³/mol. The minimum Gasteiger partial charge on any atom is -0.378 e. The number of ether oxygens (including phenoxy) is 1. The lowest BCUT2D eigenvalue weighted by atomic mass is 10.1. The highest BCUT2D eigenvalue weighted by Gasteiger charge is 2.22. The first-order chi connectivity index (χ1) is 13.6. The van der Waals surface area contributed by atoms with Gasteiger partial charge in [0, 0.05) is 31.0 Å². The van der Waals surface area contributed by atoms with Gasteiger partial charge in [0.05, 0.1) is 24.8 Å². The summed E-state index contributed by atoms with van der Waals surface area (Å²) in [5.41, 5.74) is 1.03. The van der Waals surface area contributed by atoms with Gasteiger partial charge in [-0.2, -0.15) is 5.10 Å². The molecule has 0 saturated carbocycles. The summed E-state index contributed by atoms with van der Waals surface area (Å²) in [5.74, 6) is -0.297. The van der Waals surface area contributed by atoms with Crippen LogP contribution in [0.15, 0.2) is 30.5 Å². The van der Waals surface area contributed by atoms with Crippen molar-refractivity contribution in [1.29, 1.82) is 0 Å². The van der Waals surface area contributed by atoms with Gasteiger partial charge in [-0.1, -0.05) is 0 Å². The molecular formula is C20H26FN5O2. The van der Waals surface area contributed by atoms with E-state index in [-0.39, 0.29) is 5.91 Å². The van der Waals surface area contributed by atoms with Crippen LogP contribution in [-0.2, 0) is 4.74 Å². The summed E-state index contributed by atoms with van der Waals surface area (Å²) in [5, 5.41) is 7.36. The molecule has 0 radical (unpaired) electrons. The monoisotopic (exact) mass is 387 g/mol. The largest absolute Gasteiger partial charge is 0.378 e. The standard InChI is InChI=1S/C20H26FN5O2/c1-24-7-4-16(5-8-24)26-9-6-19(23-26)22-20(27)17-14-15(21)2-3-18(17)25-10-12-28-13-11-25/h2-3,6,9,14,16H,4-5,7-8,10-13H2,1H3,(H,22,23,27). The minimum absolute atomic E-state index is 0.316. The van der Waals surface area contributed by atoms with Crippen LogP contribution in [0.1, 0.15) is 29.2 Å². The van der Waals surface area contributed by atoms with Gasteiger partial charge in [-0.05, 0) is 51.2 Å². The predicted octanol–water partition coefficient (Wildman–Crippen LogP) is 2.38. The van der Waals surface area contributed by atoms with Crippen molar-refractivity contribution in [3.8, 4) is 0 Å². The molecule has 0 spiro atoms. The van der Waals surface area contributed by atoms with Crippen molar-refractivity contribution >= 4 is 17.4 Å². The SMILES string of the molecule is CN1CCC(n2ccc(NC(=O)c3cc(F)ccc3N3CCOCC3)n2)CC1. The zero-order chi connectivity index (χ0) is 19.5. The van der Waals surface area contributed by atoms with E-state index in [9.17, 15) is 9.18 Å². The number of nitrogens with one attached hydrogen (secondary N) is 1. The molecule has 28 heavy (non-hydrogen) atoms. The molecule has 2 aliphatic rings. The molecule has 2 saturated heterocycles. The second kappa shape index (κ2) is 8.28. The molecular weight excluding hydrogens is 361 g/mol. The van der Waals surface area contributed by atoms with Crippen LogP contribution >= 0.6 is 0 Å². The van der Waals surface area contributed by atoms with Gasteiger partial charge in [0.25, 0.3) is 5.91 Å². The van der Waals surface area contributed by atoms with E-state index in [2.05, 4.69) is 27.3 Å². The molecule has 1 aromatic heterocycles. The Morgan fingerprint density at radius 1 is 1.18 bits per heavy atom. The number of likely N-dealkylation sites (tertiary alicyclic amines) is 1. The summed E-state index contributed by atoms with van der Waals surface area (Å²) in [6, 6.07) is 6.47. The van der Waals surface area contributed by atoms with E-state index < -0.39 is 5.82 Å². The normalized spacial score (nSPS) is 19.0. The Balaban J connectivity index is 1.49. The van der Waals surface area contributed by atoms with Crippen LogP contribution < -0.4 is 10.2 Å². The van der Waals surface area contributed by atoms with E-state index in [0.29, 0.717) is 43.7 Å². The number of anilines is 2. The molecule has 1 amide bonds. The third kappa shape index (κ3) is 4.18.